The average Bonchev–Trinajstić information content (AvgIpc) is 3.14. The second-order valence-corrected chi connectivity index (χ2v) is 9.85. The van der Waals surface area contributed by atoms with Gasteiger partial charge in [-0.1, -0.05) is 39.0 Å². The van der Waals surface area contributed by atoms with E-state index in [1.54, 1.807) is 11.3 Å². The molecule has 0 saturated carbocycles. The van der Waals surface area contributed by atoms with Crippen molar-refractivity contribution < 1.29 is 4.79 Å². The second kappa shape index (κ2) is 8.76. The zero-order valence-corrected chi connectivity index (χ0v) is 18.3. The highest BCUT2D eigenvalue weighted by Crippen LogP contribution is 2.34. The van der Waals surface area contributed by atoms with Crippen LogP contribution in [0.15, 0.2) is 40.1 Å². The summed E-state index contributed by atoms with van der Waals surface area (Å²) in [5.41, 5.74) is 1.48. The Morgan fingerprint density at radius 2 is 2.00 bits per heavy atom. The van der Waals surface area contributed by atoms with Gasteiger partial charge in [0.05, 0.1) is 5.75 Å². The number of carbonyl (C=O) groups excluding carboxylic acids is 1. The standard InChI is InChI=1S/C17H16BrN5OS3/c18-11-1-3-12(4-2-11)21-13(24)9-26-16-14-15(19-10-20-16)22-17(27-14)23-5-7-25-8-6-23/h1-4,10H,5-9H2,(H,21,24). The number of hydrogen-bond donors (Lipinski definition) is 1. The van der Waals surface area contributed by atoms with E-state index >= 15 is 0 Å². The van der Waals surface area contributed by atoms with Crippen molar-refractivity contribution in [3.63, 3.8) is 0 Å². The number of carbonyl (C=O) groups is 1. The Labute approximate surface area is 177 Å². The van der Waals surface area contributed by atoms with Crippen molar-refractivity contribution in [1.29, 1.82) is 0 Å². The van der Waals surface area contributed by atoms with E-state index in [0.717, 1.165) is 49.6 Å². The number of nitrogens with one attached hydrogen (secondary N) is 1. The summed E-state index contributed by atoms with van der Waals surface area (Å²) in [5.74, 6) is 2.47. The molecule has 0 spiro atoms. The number of thioether (sulfide) groups is 2. The fraction of sp³-hybridized carbons (Fsp3) is 0.294. The maximum absolute atomic E-state index is 12.2. The molecule has 1 aromatic carbocycles. The fourth-order valence-electron chi connectivity index (χ4n) is 2.58. The quantitative estimate of drug-likeness (QED) is 0.433. The van der Waals surface area contributed by atoms with Gasteiger partial charge in [-0.05, 0) is 24.3 Å². The van der Waals surface area contributed by atoms with E-state index in [0.29, 0.717) is 5.65 Å². The van der Waals surface area contributed by atoms with Gasteiger partial charge < -0.3 is 10.2 Å². The average molecular weight is 482 g/mol. The molecule has 1 aliphatic rings. The molecular formula is C17H16BrN5OS3. The van der Waals surface area contributed by atoms with Gasteiger partial charge >= 0.3 is 0 Å². The third kappa shape index (κ3) is 4.74. The zero-order valence-electron chi connectivity index (χ0n) is 14.2. The molecule has 4 rings (SSSR count). The summed E-state index contributed by atoms with van der Waals surface area (Å²) in [6.45, 7) is 2.02. The molecule has 1 saturated heterocycles. The number of amides is 1. The van der Waals surface area contributed by atoms with Crippen LogP contribution in [0.5, 0.6) is 0 Å². The topological polar surface area (TPSA) is 71.0 Å². The van der Waals surface area contributed by atoms with Crippen molar-refractivity contribution >= 4 is 77.9 Å². The molecule has 27 heavy (non-hydrogen) atoms. The van der Waals surface area contributed by atoms with Gasteiger partial charge in [-0.15, -0.1) is 0 Å². The predicted molar refractivity (Wildman–Crippen MR) is 118 cm³/mol. The van der Waals surface area contributed by atoms with E-state index in [-0.39, 0.29) is 11.7 Å². The number of fused-ring (bicyclic) bond motifs is 1. The van der Waals surface area contributed by atoms with Crippen LogP contribution in [0, 0.1) is 0 Å². The van der Waals surface area contributed by atoms with Gasteiger partial charge in [-0.3, -0.25) is 4.79 Å². The highest BCUT2D eigenvalue weighted by atomic mass is 79.9. The molecule has 10 heteroatoms. The maximum Gasteiger partial charge on any atom is 0.234 e. The number of benzene rings is 1. The number of anilines is 2. The van der Waals surface area contributed by atoms with Gasteiger partial charge in [0.25, 0.3) is 0 Å². The first-order valence-electron chi connectivity index (χ1n) is 8.31. The van der Waals surface area contributed by atoms with Crippen LogP contribution >= 0.6 is 50.8 Å². The van der Waals surface area contributed by atoms with Crippen molar-refractivity contribution in [3.05, 3.63) is 35.1 Å². The van der Waals surface area contributed by atoms with Crippen molar-refractivity contribution in [2.75, 3.05) is 40.6 Å². The zero-order chi connectivity index (χ0) is 18.6. The third-order valence-corrected chi connectivity index (χ3v) is 7.60. The Hall–Kier alpha value is -1.36. The minimum absolute atomic E-state index is 0.0631. The van der Waals surface area contributed by atoms with Gasteiger partial charge in [0.2, 0.25) is 5.91 Å². The number of hydrogen-bond acceptors (Lipinski definition) is 8. The highest BCUT2D eigenvalue weighted by Gasteiger charge is 2.18. The number of aromatic nitrogens is 3. The van der Waals surface area contributed by atoms with E-state index in [4.69, 9.17) is 0 Å². The molecule has 1 fully saturated rings. The molecule has 3 aromatic rings. The first-order chi connectivity index (χ1) is 13.2. The molecule has 6 nitrogen and oxygen atoms in total. The lowest BCUT2D eigenvalue weighted by molar-refractivity contribution is -0.113. The van der Waals surface area contributed by atoms with Gasteiger partial charge in [0.1, 0.15) is 16.1 Å². The lowest BCUT2D eigenvalue weighted by atomic mass is 10.3. The molecule has 0 aliphatic carbocycles. The normalized spacial score (nSPS) is 14.5. The molecular weight excluding hydrogens is 466 g/mol. The number of rotatable bonds is 5. The van der Waals surface area contributed by atoms with Crippen LogP contribution in [0.2, 0.25) is 0 Å². The van der Waals surface area contributed by atoms with Crippen LogP contribution in [0.25, 0.3) is 10.3 Å². The van der Waals surface area contributed by atoms with Crippen LogP contribution in [0.4, 0.5) is 10.8 Å². The molecule has 0 unspecified atom stereocenters. The summed E-state index contributed by atoms with van der Waals surface area (Å²) in [6.07, 6.45) is 1.52. The highest BCUT2D eigenvalue weighted by molar-refractivity contribution is 9.10. The summed E-state index contributed by atoms with van der Waals surface area (Å²) >= 11 is 8.38. The first kappa shape index (κ1) is 19.0. The summed E-state index contributed by atoms with van der Waals surface area (Å²) < 4.78 is 1.93. The summed E-state index contributed by atoms with van der Waals surface area (Å²) in [5, 5.41) is 4.70. The Balaban J connectivity index is 1.44. The minimum Gasteiger partial charge on any atom is -0.346 e. The van der Waals surface area contributed by atoms with Crippen LogP contribution in [0.3, 0.4) is 0 Å². The summed E-state index contributed by atoms with van der Waals surface area (Å²) in [7, 11) is 0. The molecule has 0 radical (unpaired) electrons. The Morgan fingerprint density at radius 3 is 2.78 bits per heavy atom. The van der Waals surface area contributed by atoms with Crippen molar-refractivity contribution in [1.82, 2.24) is 15.0 Å². The van der Waals surface area contributed by atoms with E-state index in [1.807, 2.05) is 36.0 Å². The summed E-state index contributed by atoms with van der Waals surface area (Å²) in [4.78, 5) is 27.9. The summed E-state index contributed by atoms with van der Waals surface area (Å²) in [6, 6.07) is 7.52. The predicted octanol–water partition coefficient (Wildman–Crippen LogP) is 4.13. The number of thiazole rings is 1. The maximum atomic E-state index is 12.2. The molecule has 2 aromatic heterocycles. The Morgan fingerprint density at radius 1 is 1.22 bits per heavy atom. The van der Waals surface area contributed by atoms with Crippen LogP contribution in [0.1, 0.15) is 0 Å². The molecule has 0 atom stereocenters. The van der Waals surface area contributed by atoms with Gasteiger partial charge in [-0.25, -0.2) is 9.97 Å². The Bertz CT molecular complexity index is 943. The molecule has 0 bridgehead atoms. The third-order valence-electron chi connectivity index (χ3n) is 3.90. The molecule has 1 aliphatic heterocycles. The van der Waals surface area contributed by atoms with E-state index < -0.39 is 0 Å². The van der Waals surface area contributed by atoms with Crippen molar-refractivity contribution in [2.24, 2.45) is 0 Å². The number of nitrogens with zero attached hydrogens (tertiary/aromatic N) is 4. The monoisotopic (exact) mass is 481 g/mol. The second-order valence-electron chi connectivity index (χ2n) is 5.77. The van der Waals surface area contributed by atoms with Crippen molar-refractivity contribution in [2.45, 2.75) is 5.03 Å². The minimum atomic E-state index is -0.0631. The lowest BCUT2D eigenvalue weighted by Gasteiger charge is -2.25. The van der Waals surface area contributed by atoms with Crippen LogP contribution in [-0.2, 0) is 4.79 Å². The van der Waals surface area contributed by atoms with Crippen LogP contribution < -0.4 is 10.2 Å². The Kier molecular flexibility index (Phi) is 6.16. The van der Waals surface area contributed by atoms with Gasteiger partial charge in [0, 0.05) is 34.8 Å². The fourth-order valence-corrected chi connectivity index (χ4v) is 5.69. The van der Waals surface area contributed by atoms with Crippen LogP contribution in [-0.4, -0.2) is 51.2 Å². The largest absolute Gasteiger partial charge is 0.346 e. The van der Waals surface area contributed by atoms with E-state index in [2.05, 4.69) is 41.1 Å². The molecule has 1 N–H and O–H groups in total. The SMILES string of the molecule is O=C(CSc1ncnc2nc(N3CCSCC3)sc12)Nc1ccc(Br)cc1. The van der Waals surface area contributed by atoms with E-state index in [1.165, 1.54) is 18.1 Å². The van der Waals surface area contributed by atoms with E-state index in [9.17, 15) is 4.79 Å². The smallest absolute Gasteiger partial charge is 0.234 e. The first-order valence-corrected chi connectivity index (χ1v) is 12.1. The number of halogens is 1. The molecule has 1 amide bonds. The lowest BCUT2D eigenvalue weighted by Crippen LogP contribution is -2.32. The van der Waals surface area contributed by atoms with Crippen molar-refractivity contribution in [3.8, 4) is 0 Å². The molecule has 3 heterocycles. The molecule has 140 valence electrons. The van der Waals surface area contributed by atoms with Gasteiger partial charge in [0.15, 0.2) is 10.8 Å². The van der Waals surface area contributed by atoms with Gasteiger partial charge in [-0.2, -0.15) is 16.7 Å².